The van der Waals surface area contributed by atoms with Gasteiger partial charge >= 0.3 is 5.97 Å². The summed E-state index contributed by atoms with van der Waals surface area (Å²) in [5.74, 6) is -3.19. The minimum absolute atomic E-state index is 0.236. The number of aliphatic carboxylic acids is 1. The van der Waals surface area contributed by atoms with Crippen molar-refractivity contribution < 1.29 is 33.9 Å². The van der Waals surface area contributed by atoms with Crippen molar-refractivity contribution in [2.24, 2.45) is 5.73 Å². The first kappa shape index (κ1) is 29.8. The number of nitrogens with two attached hydrogens (primary N) is 1. The molecule has 1 aliphatic rings. The van der Waals surface area contributed by atoms with Crippen molar-refractivity contribution in [2.75, 3.05) is 26.2 Å². The molecule has 1 fully saturated rings. The fourth-order valence-corrected chi connectivity index (χ4v) is 4.07. The Kier molecular flexibility index (Phi) is 12.7. The monoisotopic (exact) mass is 498 g/mol. The van der Waals surface area contributed by atoms with Gasteiger partial charge in [-0.1, -0.05) is 0 Å². The van der Waals surface area contributed by atoms with Crippen molar-refractivity contribution in [3.05, 3.63) is 0 Å². The van der Waals surface area contributed by atoms with E-state index >= 15 is 0 Å². The molecule has 0 aliphatic carbocycles. The summed E-state index contributed by atoms with van der Waals surface area (Å²) in [5.41, 5.74) is 5.43. The van der Waals surface area contributed by atoms with Crippen LogP contribution in [-0.2, 0) is 28.8 Å². The Morgan fingerprint density at radius 2 is 1.83 bits per heavy atom. The van der Waals surface area contributed by atoms with Crippen molar-refractivity contribution in [1.82, 2.24) is 25.8 Å². The molecule has 35 heavy (non-hydrogen) atoms. The number of unbranched alkanes of at least 4 members (excludes halogenated alkanes) is 1. The average molecular weight is 499 g/mol. The standard InChI is InChI=1S/C22H38N6O7/c1-14(2)28(19(31)11-24-13-29)15(3)20(32)25-12-18(30)27-10-6-8-17(27)21(33)26-16(22(34)35)7-4-5-9-23/h13-17H,4-12,23H2,1-3H3,(H,24,29)(H,25,32)(H,26,33)(H,34,35)/t15?,16-,17?/m0/s1. The first-order chi connectivity index (χ1) is 16.5. The molecule has 0 saturated carbocycles. The topological polar surface area (TPSA) is 191 Å². The van der Waals surface area contributed by atoms with E-state index in [0.717, 1.165) is 0 Å². The van der Waals surface area contributed by atoms with Crippen LogP contribution in [0.25, 0.3) is 0 Å². The lowest BCUT2D eigenvalue weighted by Crippen LogP contribution is -2.55. The second-order valence-electron chi connectivity index (χ2n) is 8.72. The summed E-state index contributed by atoms with van der Waals surface area (Å²) in [5, 5.41) is 16.7. The Balaban J connectivity index is 2.71. The van der Waals surface area contributed by atoms with Crippen LogP contribution in [0, 0.1) is 0 Å². The summed E-state index contributed by atoms with van der Waals surface area (Å²) in [6.07, 6.45) is 2.77. The van der Waals surface area contributed by atoms with Gasteiger partial charge in [0.05, 0.1) is 13.1 Å². The number of nitrogens with one attached hydrogen (secondary N) is 3. The molecular weight excluding hydrogens is 460 g/mol. The normalized spacial score (nSPS) is 16.8. The molecule has 1 heterocycles. The molecule has 0 aromatic rings. The fraction of sp³-hybridized carbons (Fsp3) is 0.727. The third-order valence-electron chi connectivity index (χ3n) is 5.83. The van der Waals surface area contributed by atoms with Gasteiger partial charge in [-0.05, 0) is 59.4 Å². The van der Waals surface area contributed by atoms with Crippen LogP contribution in [0.2, 0.25) is 0 Å². The molecule has 5 amide bonds. The van der Waals surface area contributed by atoms with Crippen LogP contribution in [0.15, 0.2) is 0 Å². The number of carbonyl (C=O) groups is 6. The minimum atomic E-state index is -1.15. The molecule has 6 N–H and O–H groups in total. The predicted octanol–water partition coefficient (Wildman–Crippen LogP) is -1.84. The van der Waals surface area contributed by atoms with E-state index in [-0.39, 0.29) is 25.6 Å². The van der Waals surface area contributed by atoms with E-state index < -0.39 is 47.7 Å². The van der Waals surface area contributed by atoms with Crippen LogP contribution in [-0.4, -0.2) is 101 Å². The maximum atomic E-state index is 12.8. The third kappa shape index (κ3) is 9.15. The molecule has 0 radical (unpaired) electrons. The second kappa shape index (κ2) is 14.9. The summed E-state index contributed by atoms with van der Waals surface area (Å²) in [7, 11) is 0. The summed E-state index contributed by atoms with van der Waals surface area (Å²) in [4.78, 5) is 75.0. The van der Waals surface area contributed by atoms with Crippen molar-refractivity contribution in [3.63, 3.8) is 0 Å². The van der Waals surface area contributed by atoms with Crippen LogP contribution in [0.5, 0.6) is 0 Å². The largest absolute Gasteiger partial charge is 0.480 e. The highest BCUT2D eigenvalue weighted by molar-refractivity contribution is 5.94. The molecule has 1 saturated heterocycles. The summed E-state index contributed by atoms with van der Waals surface area (Å²) < 4.78 is 0. The average Bonchev–Trinajstić information content (AvgIpc) is 3.30. The number of rotatable bonds is 15. The third-order valence-corrected chi connectivity index (χ3v) is 5.83. The van der Waals surface area contributed by atoms with E-state index in [1.54, 1.807) is 13.8 Å². The van der Waals surface area contributed by atoms with E-state index in [0.29, 0.717) is 45.2 Å². The predicted molar refractivity (Wildman–Crippen MR) is 126 cm³/mol. The molecular formula is C22H38N6O7. The van der Waals surface area contributed by atoms with Crippen LogP contribution in [0.4, 0.5) is 0 Å². The van der Waals surface area contributed by atoms with E-state index in [1.807, 2.05) is 0 Å². The Labute approximate surface area is 205 Å². The van der Waals surface area contributed by atoms with Crippen LogP contribution < -0.4 is 21.7 Å². The van der Waals surface area contributed by atoms with Crippen molar-refractivity contribution in [1.29, 1.82) is 0 Å². The van der Waals surface area contributed by atoms with Gasteiger partial charge < -0.3 is 36.6 Å². The highest BCUT2D eigenvalue weighted by Crippen LogP contribution is 2.18. The lowest BCUT2D eigenvalue weighted by atomic mass is 10.1. The minimum Gasteiger partial charge on any atom is -0.480 e. The van der Waals surface area contributed by atoms with Gasteiger partial charge in [0.25, 0.3) is 0 Å². The molecule has 3 atom stereocenters. The number of likely N-dealkylation sites (tertiary alicyclic amines) is 1. The quantitative estimate of drug-likeness (QED) is 0.128. The Bertz CT molecular complexity index is 775. The van der Waals surface area contributed by atoms with Crippen LogP contribution >= 0.6 is 0 Å². The van der Waals surface area contributed by atoms with Gasteiger partial charge in [-0.15, -0.1) is 0 Å². The molecule has 0 bridgehead atoms. The zero-order chi connectivity index (χ0) is 26.5. The van der Waals surface area contributed by atoms with Gasteiger partial charge in [0.15, 0.2) is 0 Å². The molecule has 2 unspecified atom stereocenters. The van der Waals surface area contributed by atoms with Gasteiger partial charge in [0.1, 0.15) is 18.1 Å². The fourth-order valence-electron chi connectivity index (χ4n) is 4.07. The molecule has 0 spiro atoms. The summed E-state index contributed by atoms with van der Waals surface area (Å²) >= 11 is 0. The number of carboxylic acid groups (broad SMARTS) is 1. The van der Waals surface area contributed by atoms with Crippen molar-refractivity contribution in [2.45, 2.75) is 77.0 Å². The van der Waals surface area contributed by atoms with E-state index in [2.05, 4.69) is 16.0 Å². The molecule has 13 nitrogen and oxygen atoms in total. The Morgan fingerprint density at radius 3 is 2.40 bits per heavy atom. The van der Waals surface area contributed by atoms with Gasteiger partial charge in [0.2, 0.25) is 30.0 Å². The van der Waals surface area contributed by atoms with E-state index in [4.69, 9.17) is 5.73 Å². The molecule has 13 heteroatoms. The molecule has 1 aliphatic heterocycles. The highest BCUT2D eigenvalue weighted by Gasteiger charge is 2.36. The summed E-state index contributed by atoms with van der Waals surface area (Å²) in [6.45, 7) is 5.06. The lowest BCUT2D eigenvalue weighted by Gasteiger charge is -2.32. The molecule has 0 aromatic heterocycles. The first-order valence-electron chi connectivity index (χ1n) is 11.8. The first-order valence-corrected chi connectivity index (χ1v) is 11.8. The van der Waals surface area contributed by atoms with Crippen LogP contribution in [0.1, 0.15) is 52.9 Å². The zero-order valence-electron chi connectivity index (χ0n) is 20.6. The van der Waals surface area contributed by atoms with Gasteiger partial charge in [-0.25, -0.2) is 4.79 Å². The van der Waals surface area contributed by atoms with E-state index in [1.165, 1.54) is 16.7 Å². The zero-order valence-corrected chi connectivity index (χ0v) is 20.6. The number of amides is 5. The number of hydrogen-bond acceptors (Lipinski definition) is 7. The maximum absolute atomic E-state index is 12.8. The SMILES string of the molecule is CC(C)N(C(=O)CNC=O)C(C)C(=O)NCC(=O)N1CCCC1C(=O)N[C@@H](CCCCN)C(=O)O. The number of nitrogens with zero attached hydrogens (tertiary/aromatic N) is 2. The number of carboxylic acids is 1. The Morgan fingerprint density at radius 1 is 1.14 bits per heavy atom. The van der Waals surface area contributed by atoms with Crippen molar-refractivity contribution in [3.8, 4) is 0 Å². The second-order valence-corrected chi connectivity index (χ2v) is 8.72. The smallest absolute Gasteiger partial charge is 0.326 e. The molecule has 1 rings (SSSR count). The van der Waals surface area contributed by atoms with Gasteiger partial charge in [0, 0.05) is 12.6 Å². The van der Waals surface area contributed by atoms with Gasteiger partial charge in [-0.2, -0.15) is 0 Å². The Hall–Kier alpha value is -3.22. The molecule has 198 valence electrons. The van der Waals surface area contributed by atoms with Crippen molar-refractivity contribution >= 4 is 36.0 Å². The van der Waals surface area contributed by atoms with Crippen LogP contribution in [0.3, 0.4) is 0 Å². The maximum Gasteiger partial charge on any atom is 0.326 e. The lowest BCUT2D eigenvalue weighted by molar-refractivity contribution is -0.144. The summed E-state index contributed by atoms with van der Waals surface area (Å²) in [6, 6.07) is -3.12. The van der Waals surface area contributed by atoms with E-state index in [9.17, 15) is 33.9 Å². The molecule has 0 aromatic carbocycles. The number of hydrogen-bond donors (Lipinski definition) is 5. The number of carbonyl (C=O) groups excluding carboxylic acids is 5. The highest BCUT2D eigenvalue weighted by atomic mass is 16.4. The van der Waals surface area contributed by atoms with Gasteiger partial charge in [-0.3, -0.25) is 24.0 Å².